The quantitative estimate of drug-likeness (QED) is 0.677. The molecule has 0 radical (unpaired) electrons. The van der Waals surface area contributed by atoms with Crippen molar-refractivity contribution in [3.8, 4) is 11.3 Å². The van der Waals surface area contributed by atoms with Crippen molar-refractivity contribution in [2.24, 2.45) is 0 Å². The van der Waals surface area contributed by atoms with Gasteiger partial charge in [-0.25, -0.2) is 19.2 Å². The van der Waals surface area contributed by atoms with Gasteiger partial charge in [0.25, 0.3) is 0 Å². The standard InChI is InChI=1S/C19H18FN5O3/c20-15-4-2-14(3-5-15)16-12-25(19(27)28-16)13-17(26)23-8-10-24(11-9-23)18-21-6-1-7-22-18/h1-7,12H,8-11,13H2. The van der Waals surface area contributed by atoms with Gasteiger partial charge in [0.15, 0.2) is 5.76 Å². The number of nitrogens with zero attached hydrogens (tertiary/aromatic N) is 5. The van der Waals surface area contributed by atoms with E-state index in [4.69, 9.17) is 4.42 Å². The van der Waals surface area contributed by atoms with Gasteiger partial charge in [0.2, 0.25) is 11.9 Å². The number of amides is 1. The summed E-state index contributed by atoms with van der Waals surface area (Å²) in [5.74, 6) is -0.222. The third-order valence-corrected chi connectivity index (χ3v) is 4.61. The van der Waals surface area contributed by atoms with E-state index >= 15 is 0 Å². The zero-order chi connectivity index (χ0) is 19.5. The molecule has 4 rings (SSSR count). The first-order valence-corrected chi connectivity index (χ1v) is 8.86. The molecule has 0 aliphatic carbocycles. The van der Waals surface area contributed by atoms with Crippen LogP contribution in [-0.2, 0) is 11.3 Å². The van der Waals surface area contributed by atoms with Crippen LogP contribution in [0.5, 0.6) is 0 Å². The Labute approximate surface area is 159 Å². The third-order valence-electron chi connectivity index (χ3n) is 4.61. The minimum Gasteiger partial charge on any atom is -0.408 e. The highest BCUT2D eigenvalue weighted by atomic mass is 19.1. The molecule has 1 amide bonds. The summed E-state index contributed by atoms with van der Waals surface area (Å²) < 4.78 is 19.5. The Morgan fingerprint density at radius 1 is 1.07 bits per heavy atom. The van der Waals surface area contributed by atoms with Crippen molar-refractivity contribution in [3.05, 3.63) is 65.3 Å². The zero-order valence-corrected chi connectivity index (χ0v) is 15.0. The number of piperazine rings is 1. The average molecular weight is 383 g/mol. The second-order valence-electron chi connectivity index (χ2n) is 6.41. The summed E-state index contributed by atoms with van der Waals surface area (Å²) in [6, 6.07) is 7.36. The molecule has 8 nitrogen and oxygen atoms in total. The summed E-state index contributed by atoms with van der Waals surface area (Å²) >= 11 is 0. The van der Waals surface area contributed by atoms with Crippen molar-refractivity contribution in [3.63, 3.8) is 0 Å². The van der Waals surface area contributed by atoms with Gasteiger partial charge in [0, 0.05) is 44.1 Å². The lowest BCUT2D eigenvalue weighted by Gasteiger charge is -2.34. The molecule has 28 heavy (non-hydrogen) atoms. The second kappa shape index (κ2) is 7.63. The van der Waals surface area contributed by atoms with Crippen LogP contribution in [0.3, 0.4) is 0 Å². The van der Waals surface area contributed by atoms with Crippen LogP contribution in [0, 0.1) is 5.82 Å². The van der Waals surface area contributed by atoms with Crippen LogP contribution in [0.15, 0.2) is 58.1 Å². The monoisotopic (exact) mass is 383 g/mol. The lowest BCUT2D eigenvalue weighted by atomic mass is 10.2. The summed E-state index contributed by atoms with van der Waals surface area (Å²) in [6.07, 6.45) is 4.84. The minimum atomic E-state index is -0.621. The molecule has 0 bridgehead atoms. The van der Waals surface area contributed by atoms with Crippen molar-refractivity contribution >= 4 is 11.9 Å². The van der Waals surface area contributed by atoms with E-state index < -0.39 is 5.76 Å². The fourth-order valence-electron chi connectivity index (χ4n) is 3.09. The van der Waals surface area contributed by atoms with E-state index in [1.165, 1.54) is 35.0 Å². The predicted octanol–water partition coefficient (Wildman–Crippen LogP) is 1.39. The van der Waals surface area contributed by atoms with Crippen LogP contribution < -0.4 is 10.7 Å². The summed E-state index contributed by atoms with van der Waals surface area (Å²) in [5, 5.41) is 0. The molecule has 3 heterocycles. The van der Waals surface area contributed by atoms with Gasteiger partial charge >= 0.3 is 5.76 Å². The van der Waals surface area contributed by atoms with Crippen molar-refractivity contribution in [2.45, 2.75) is 6.54 Å². The number of rotatable bonds is 4. The maximum Gasteiger partial charge on any atom is 0.419 e. The number of hydrogen-bond acceptors (Lipinski definition) is 6. The molecular weight excluding hydrogens is 365 g/mol. The molecule has 0 atom stereocenters. The summed E-state index contributed by atoms with van der Waals surface area (Å²) in [6.45, 7) is 2.18. The highest BCUT2D eigenvalue weighted by molar-refractivity contribution is 5.76. The number of carbonyl (C=O) groups excluding carboxylic acids is 1. The SMILES string of the molecule is O=C(Cn1cc(-c2ccc(F)cc2)oc1=O)N1CCN(c2ncccn2)CC1. The van der Waals surface area contributed by atoms with Crippen LogP contribution >= 0.6 is 0 Å². The van der Waals surface area contributed by atoms with Crippen LogP contribution in [-0.4, -0.2) is 51.5 Å². The van der Waals surface area contributed by atoms with Crippen molar-refractivity contribution in [1.82, 2.24) is 19.4 Å². The lowest BCUT2D eigenvalue weighted by molar-refractivity contribution is -0.132. The molecule has 1 aliphatic rings. The molecule has 1 saturated heterocycles. The molecule has 2 aromatic heterocycles. The summed E-state index contributed by atoms with van der Waals surface area (Å²) in [7, 11) is 0. The van der Waals surface area contributed by atoms with E-state index in [0.717, 1.165) is 0 Å². The Kier molecular flexibility index (Phi) is 4.88. The number of anilines is 1. The van der Waals surface area contributed by atoms with Gasteiger partial charge in [0.1, 0.15) is 12.4 Å². The van der Waals surface area contributed by atoms with Crippen molar-refractivity contribution < 1.29 is 13.6 Å². The van der Waals surface area contributed by atoms with Gasteiger partial charge in [-0.05, 0) is 30.3 Å². The molecular formula is C19H18FN5O3. The summed E-state index contributed by atoms with van der Waals surface area (Å²) in [5.41, 5.74) is 0.571. The third kappa shape index (κ3) is 3.78. The van der Waals surface area contributed by atoms with Crippen LogP contribution in [0.25, 0.3) is 11.3 Å². The first kappa shape index (κ1) is 17.9. The molecule has 1 aromatic carbocycles. The molecule has 1 fully saturated rings. The molecule has 1 aliphatic heterocycles. The first-order valence-electron chi connectivity index (χ1n) is 8.86. The Hall–Kier alpha value is -3.49. The van der Waals surface area contributed by atoms with Crippen LogP contribution in [0.2, 0.25) is 0 Å². The van der Waals surface area contributed by atoms with Crippen molar-refractivity contribution in [2.75, 3.05) is 31.1 Å². The van der Waals surface area contributed by atoms with E-state index in [-0.39, 0.29) is 18.3 Å². The van der Waals surface area contributed by atoms with Crippen LogP contribution in [0.1, 0.15) is 0 Å². The van der Waals surface area contributed by atoms with Gasteiger partial charge in [-0.1, -0.05) is 0 Å². The number of hydrogen-bond donors (Lipinski definition) is 0. The van der Waals surface area contributed by atoms with E-state index in [2.05, 4.69) is 9.97 Å². The average Bonchev–Trinajstić information content (AvgIpc) is 3.09. The maximum atomic E-state index is 13.0. The fraction of sp³-hybridized carbons (Fsp3) is 0.263. The predicted molar refractivity (Wildman–Crippen MR) is 99.2 cm³/mol. The molecule has 9 heteroatoms. The molecule has 0 unspecified atom stereocenters. The smallest absolute Gasteiger partial charge is 0.408 e. The number of carbonyl (C=O) groups is 1. The van der Waals surface area contributed by atoms with E-state index in [1.807, 2.05) is 4.90 Å². The van der Waals surface area contributed by atoms with Gasteiger partial charge < -0.3 is 14.2 Å². The lowest BCUT2D eigenvalue weighted by Crippen LogP contribution is -2.50. The minimum absolute atomic E-state index is 0.106. The molecule has 0 N–H and O–H groups in total. The van der Waals surface area contributed by atoms with Crippen LogP contribution in [0.4, 0.5) is 10.3 Å². The Morgan fingerprint density at radius 2 is 1.75 bits per heavy atom. The Morgan fingerprint density at radius 3 is 2.43 bits per heavy atom. The van der Waals surface area contributed by atoms with Gasteiger partial charge in [0.05, 0.1) is 6.20 Å². The number of oxazole rings is 1. The van der Waals surface area contributed by atoms with E-state index in [0.29, 0.717) is 43.5 Å². The Bertz CT molecular complexity index is 1010. The Balaban J connectivity index is 1.39. The highest BCUT2D eigenvalue weighted by Gasteiger charge is 2.23. The number of benzene rings is 1. The number of aromatic nitrogens is 3. The second-order valence-corrected chi connectivity index (χ2v) is 6.41. The molecule has 144 valence electrons. The van der Waals surface area contributed by atoms with E-state index in [9.17, 15) is 14.0 Å². The first-order chi connectivity index (χ1) is 13.6. The normalized spacial score (nSPS) is 14.3. The maximum absolute atomic E-state index is 13.0. The molecule has 3 aromatic rings. The molecule has 0 spiro atoms. The van der Waals surface area contributed by atoms with Gasteiger partial charge in [-0.2, -0.15) is 0 Å². The molecule has 0 saturated carbocycles. The van der Waals surface area contributed by atoms with Gasteiger partial charge in [-0.15, -0.1) is 0 Å². The number of halogens is 1. The summed E-state index contributed by atoms with van der Waals surface area (Å²) in [4.78, 5) is 36.8. The topological polar surface area (TPSA) is 84.5 Å². The van der Waals surface area contributed by atoms with Crippen molar-refractivity contribution in [1.29, 1.82) is 0 Å². The van der Waals surface area contributed by atoms with Gasteiger partial charge in [-0.3, -0.25) is 9.36 Å². The zero-order valence-electron chi connectivity index (χ0n) is 15.0. The fourth-order valence-corrected chi connectivity index (χ4v) is 3.09. The van der Waals surface area contributed by atoms with E-state index in [1.54, 1.807) is 23.4 Å². The highest BCUT2D eigenvalue weighted by Crippen LogP contribution is 2.18. The largest absolute Gasteiger partial charge is 0.419 e.